The first kappa shape index (κ1) is 26.0. The lowest BCUT2D eigenvalue weighted by molar-refractivity contribution is 0.669. The highest BCUT2D eigenvalue weighted by atomic mass is 16.3. The normalized spacial score (nSPS) is 13.8. The molecule has 12 aromatic rings. The second-order valence-corrected chi connectivity index (χ2v) is 14.4. The first-order valence-electron chi connectivity index (χ1n) is 23.9. The first-order valence-corrected chi connectivity index (χ1v) is 19.4. The number of rotatable bonds is 6. The molecule has 0 aliphatic rings. The largest absolute Gasteiger partial charge is 0.456 e. The highest BCUT2D eigenvalue weighted by molar-refractivity contribution is 6.17. The number of benzene rings is 9. The maximum Gasteiger partial charge on any atom is 0.167 e. The summed E-state index contributed by atoms with van der Waals surface area (Å²) in [5.74, 6) is 0.320. The average molecular weight is 777 g/mol. The third-order valence-corrected chi connectivity index (χ3v) is 10.9. The molecule has 5 nitrogen and oxygen atoms in total. The fourth-order valence-electron chi connectivity index (χ4n) is 7.99. The van der Waals surface area contributed by atoms with E-state index >= 15 is 0 Å². The van der Waals surface area contributed by atoms with E-state index < -0.39 is 54.4 Å². The van der Waals surface area contributed by atoms with Gasteiger partial charge >= 0.3 is 0 Å². The molecule has 0 radical (unpaired) electrons. The number of nitrogens with zero attached hydrogens (tertiary/aromatic N) is 3. The molecular formula is C55H33N3O2. The summed E-state index contributed by atoms with van der Waals surface area (Å²) < 4.78 is 92.9. The standard InChI is InChI=1S/C55H33N3O2/c1-3-12-34(13-4-1)35-24-26-36(27-25-35)39-17-9-18-40(32-39)53-56-54(41-29-31-46-49(33-41)59-48-23-11-20-42(50(46)48)37-14-5-2-6-15-37)58-55(57-53)47-22-10-21-44-45-30-28-38-16-7-8-19-43(38)51(45)60-52(44)47/h1-33H/i7D,8D,10D,16D,19D,21D,22D,28D,30D. The van der Waals surface area contributed by atoms with Gasteiger partial charge in [0.05, 0.1) is 17.9 Å². The van der Waals surface area contributed by atoms with Crippen LogP contribution < -0.4 is 0 Å². The lowest BCUT2D eigenvalue weighted by atomic mass is 9.99. The maximum atomic E-state index is 9.37. The van der Waals surface area contributed by atoms with Crippen LogP contribution in [0.5, 0.6) is 0 Å². The van der Waals surface area contributed by atoms with Crippen molar-refractivity contribution in [2.75, 3.05) is 0 Å². The minimum absolute atomic E-state index is 0.0869. The Morgan fingerprint density at radius 1 is 0.350 bits per heavy atom. The van der Waals surface area contributed by atoms with E-state index in [4.69, 9.17) is 34.8 Å². The van der Waals surface area contributed by atoms with E-state index in [1.54, 1.807) is 0 Å². The number of para-hydroxylation sites is 1. The number of furan rings is 2. The lowest BCUT2D eigenvalue weighted by Crippen LogP contribution is -2.00. The Morgan fingerprint density at radius 2 is 0.967 bits per heavy atom. The summed E-state index contributed by atoms with van der Waals surface area (Å²) in [5.41, 5.74) is 8.03. The zero-order valence-corrected chi connectivity index (χ0v) is 31.5. The van der Waals surface area contributed by atoms with Crippen LogP contribution in [-0.2, 0) is 0 Å². The Bertz CT molecular complexity index is 4120. The molecule has 3 aromatic heterocycles. The van der Waals surface area contributed by atoms with Crippen LogP contribution in [0.3, 0.4) is 0 Å². The molecule has 0 unspecified atom stereocenters. The first-order chi connectivity index (χ1) is 33.5. The molecule has 0 atom stereocenters. The van der Waals surface area contributed by atoms with Gasteiger partial charge in [0.1, 0.15) is 22.3 Å². The molecule has 12 rings (SSSR count). The summed E-state index contributed by atoms with van der Waals surface area (Å²) in [5, 5.41) is 1.26. The van der Waals surface area contributed by atoms with Gasteiger partial charge in [0.15, 0.2) is 17.5 Å². The van der Waals surface area contributed by atoms with Crippen molar-refractivity contribution in [2.24, 2.45) is 0 Å². The van der Waals surface area contributed by atoms with Crippen molar-refractivity contribution in [1.29, 1.82) is 0 Å². The van der Waals surface area contributed by atoms with Crippen molar-refractivity contribution in [3.8, 4) is 67.5 Å². The Labute approximate surface area is 357 Å². The van der Waals surface area contributed by atoms with Crippen LogP contribution in [0.15, 0.2) is 209 Å². The molecule has 0 saturated heterocycles. The third kappa shape index (κ3) is 5.67. The molecule has 0 N–H and O–H groups in total. The molecule has 0 bridgehead atoms. The smallest absolute Gasteiger partial charge is 0.167 e. The average Bonchev–Trinajstić information content (AvgIpc) is 3.97. The van der Waals surface area contributed by atoms with Gasteiger partial charge in [-0.2, -0.15) is 0 Å². The Hall–Kier alpha value is -8.15. The highest BCUT2D eigenvalue weighted by Crippen LogP contribution is 2.41. The second kappa shape index (κ2) is 13.8. The van der Waals surface area contributed by atoms with Crippen LogP contribution in [-0.4, -0.2) is 15.0 Å². The van der Waals surface area contributed by atoms with Gasteiger partial charge in [0.25, 0.3) is 0 Å². The van der Waals surface area contributed by atoms with Crippen molar-refractivity contribution >= 4 is 54.6 Å². The Balaban J connectivity index is 1.10. The van der Waals surface area contributed by atoms with E-state index in [1.165, 1.54) is 0 Å². The summed E-state index contributed by atoms with van der Waals surface area (Å²) in [7, 11) is 0. The van der Waals surface area contributed by atoms with Gasteiger partial charge in [-0.05, 0) is 75.1 Å². The van der Waals surface area contributed by atoms with Crippen LogP contribution in [0.4, 0.5) is 0 Å². The van der Waals surface area contributed by atoms with E-state index in [-0.39, 0.29) is 55.7 Å². The fraction of sp³-hybridized carbons (Fsp3) is 0. The number of fused-ring (bicyclic) bond motifs is 8. The van der Waals surface area contributed by atoms with E-state index in [0.29, 0.717) is 22.3 Å². The van der Waals surface area contributed by atoms with Crippen molar-refractivity contribution in [1.82, 2.24) is 15.0 Å². The fourth-order valence-corrected chi connectivity index (χ4v) is 7.99. The zero-order valence-electron chi connectivity index (χ0n) is 40.5. The third-order valence-electron chi connectivity index (χ3n) is 10.9. The molecule has 0 aliphatic heterocycles. The van der Waals surface area contributed by atoms with Crippen molar-refractivity contribution in [3.63, 3.8) is 0 Å². The van der Waals surface area contributed by atoms with Crippen molar-refractivity contribution in [3.05, 3.63) is 200 Å². The topological polar surface area (TPSA) is 65.0 Å². The van der Waals surface area contributed by atoms with Gasteiger partial charge in [-0.25, -0.2) is 15.0 Å². The molecule has 0 aliphatic carbocycles. The quantitative estimate of drug-likeness (QED) is 0.168. The predicted octanol–water partition coefficient (Wildman–Crippen LogP) is 14.8. The van der Waals surface area contributed by atoms with E-state index in [2.05, 4.69) is 42.5 Å². The van der Waals surface area contributed by atoms with Crippen molar-refractivity contribution < 1.29 is 21.2 Å². The molecular weight excluding hydrogens is 735 g/mol. The maximum absolute atomic E-state index is 9.37. The van der Waals surface area contributed by atoms with E-state index in [1.807, 2.05) is 103 Å². The number of hydrogen-bond acceptors (Lipinski definition) is 5. The summed E-state index contributed by atoms with van der Waals surface area (Å²) in [6.07, 6.45) is 0. The van der Waals surface area contributed by atoms with Gasteiger partial charge < -0.3 is 8.83 Å². The summed E-state index contributed by atoms with van der Waals surface area (Å²) >= 11 is 0. The van der Waals surface area contributed by atoms with Crippen LogP contribution in [0.2, 0.25) is 0 Å². The number of aromatic nitrogens is 3. The van der Waals surface area contributed by atoms with Crippen LogP contribution in [0.1, 0.15) is 12.3 Å². The van der Waals surface area contributed by atoms with Crippen LogP contribution in [0, 0.1) is 0 Å². The molecule has 5 heteroatoms. The minimum atomic E-state index is -0.574. The van der Waals surface area contributed by atoms with Gasteiger partial charge in [-0.3, -0.25) is 0 Å². The zero-order chi connectivity index (χ0) is 47.4. The van der Waals surface area contributed by atoms with Crippen LogP contribution in [0.25, 0.3) is 122 Å². The van der Waals surface area contributed by atoms with E-state index in [9.17, 15) is 1.37 Å². The summed E-state index contributed by atoms with van der Waals surface area (Å²) in [4.78, 5) is 15.0. The van der Waals surface area contributed by atoms with Gasteiger partial charge in [-0.1, -0.05) is 164 Å². The Kier molecular flexibility index (Phi) is 5.95. The molecule has 0 amide bonds. The molecule has 0 saturated carbocycles. The molecule has 0 fully saturated rings. The summed E-state index contributed by atoms with van der Waals surface area (Å²) in [6.45, 7) is 0. The number of hydrogen-bond donors (Lipinski definition) is 0. The highest BCUT2D eigenvalue weighted by Gasteiger charge is 2.20. The molecule has 3 heterocycles. The SMILES string of the molecule is [2H]c1c([2H])c([2H])c2c(oc3c4c([2H])c([2H])c([2H])c([2H])c4c([2H])c([2H])c32)c1-c1nc(-c2cccc(-c3ccc(-c4ccccc4)cc3)c2)nc(-c2ccc3c(c2)oc2cccc(-c4ccccc4)c23)n1. The summed E-state index contributed by atoms with van der Waals surface area (Å²) in [6, 6.07) is 43.2. The Morgan fingerprint density at radius 3 is 1.78 bits per heavy atom. The minimum Gasteiger partial charge on any atom is -0.456 e. The van der Waals surface area contributed by atoms with Gasteiger partial charge in [0.2, 0.25) is 0 Å². The van der Waals surface area contributed by atoms with Gasteiger partial charge in [-0.15, -0.1) is 0 Å². The monoisotopic (exact) mass is 776 g/mol. The van der Waals surface area contributed by atoms with Crippen LogP contribution >= 0.6 is 0 Å². The lowest BCUT2D eigenvalue weighted by Gasteiger charge is -2.10. The van der Waals surface area contributed by atoms with Gasteiger partial charge in [0, 0.05) is 38.1 Å². The second-order valence-electron chi connectivity index (χ2n) is 14.4. The molecule has 280 valence electrons. The molecule has 0 spiro atoms. The molecule has 9 aromatic carbocycles. The predicted molar refractivity (Wildman–Crippen MR) is 245 cm³/mol. The van der Waals surface area contributed by atoms with Crippen molar-refractivity contribution in [2.45, 2.75) is 0 Å². The molecule has 60 heavy (non-hydrogen) atoms. The van der Waals surface area contributed by atoms with E-state index in [0.717, 1.165) is 44.2 Å².